The molecule has 0 aliphatic heterocycles. The highest BCUT2D eigenvalue weighted by Gasteiger charge is 2.20. The smallest absolute Gasteiger partial charge is 0.235 e. The van der Waals surface area contributed by atoms with Gasteiger partial charge >= 0.3 is 0 Å². The Morgan fingerprint density at radius 3 is 2.09 bits per heavy atom. The van der Waals surface area contributed by atoms with Crippen LogP contribution in [0.1, 0.15) is 34.6 Å². The van der Waals surface area contributed by atoms with Crippen LogP contribution >= 0.6 is 11.9 Å². The molecule has 11 heavy (non-hydrogen) atoms. The first-order valence-corrected chi connectivity index (χ1v) is 4.68. The summed E-state index contributed by atoms with van der Waals surface area (Å²) in [6.07, 6.45) is 0. The second kappa shape index (κ2) is 4.00. The highest BCUT2D eigenvalue weighted by Crippen LogP contribution is 2.15. The third-order valence-electron chi connectivity index (χ3n) is 1.07. The summed E-state index contributed by atoms with van der Waals surface area (Å²) in [5.41, 5.74) is -0.276. The molecule has 0 rings (SSSR count). The summed E-state index contributed by atoms with van der Waals surface area (Å²) < 4.78 is 2.80. The lowest BCUT2D eigenvalue weighted by atomic mass is 9.96. The minimum absolute atomic E-state index is 0.0937. The number of amides is 1. The first-order valence-electron chi connectivity index (χ1n) is 3.80. The maximum Gasteiger partial charge on any atom is 0.235 e. The molecule has 0 saturated carbocycles. The van der Waals surface area contributed by atoms with E-state index in [1.807, 2.05) is 34.6 Å². The van der Waals surface area contributed by atoms with Crippen LogP contribution in [0, 0.1) is 5.41 Å². The van der Waals surface area contributed by atoms with Crippen LogP contribution in [0.3, 0.4) is 0 Å². The van der Waals surface area contributed by atoms with E-state index in [4.69, 9.17) is 0 Å². The third kappa shape index (κ3) is 5.13. The van der Waals surface area contributed by atoms with Crippen LogP contribution in [0.25, 0.3) is 0 Å². The van der Waals surface area contributed by atoms with Crippen molar-refractivity contribution in [2.45, 2.75) is 39.9 Å². The van der Waals surface area contributed by atoms with E-state index in [1.165, 1.54) is 11.9 Å². The van der Waals surface area contributed by atoms with Gasteiger partial charge in [-0.25, -0.2) is 0 Å². The molecular weight excluding hydrogens is 158 g/mol. The Morgan fingerprint density at radius 1 is 1.36 bits per heavy atom. The molecule has 0 spiro atoms. The monoisotopic (exact) mass is 175 g/mol. The SMILES string of the molecule is CC(C)SNC(=O)C(C)(C)C. The average Bonchev–Trinajstić information content (AvgIpc) is 1.80. The van der Waals surface area contributed by atoms with Crippen molar-refractivity contribution in [3.05, 3.63) is 0 Å². The fourth-order valence-corrected chi connectivity index (χ4v) is 0.973. The van der Waals surface area contributed by atoms with Gasteiger partial charge in [-0.2, -0.15) is 0 Å². The quantitative estimate of drug-likeness (QED) is 0.652. The van der Waals surface area contributed by atoms with E-state index in [-0.39, 0.29) is 11.3 Å². The fourth-order valence-electron chi connectivity index (χ4n) is 0.324. The van der Waals surface area contributed by atoms with Crippen molar-refractivity contribution in [1.82, 2.24) is 4.72 Å². The molecule has 0 bridgehead atoms. The number of hydrogen-bond acceptors (Lipinski definition) is 2. The summed E-state index contributed by atoms with van der Waals surface area (Å²) in [5, 5.41) is 0.446. The Labute approximate surface area is 73.3 Å². The molecule has 0 fully saturated rings. The molecule has 0 aliphatic carbocycles. The van der Waals surface area contributed by atoms with E-state index in [9.17, 15) is 4.79 Å². The van der Waals surface area contributed by atoms with Gasteiger partial charge in [0.25, 0.3) is 0 Å². The van der Waals surface area contributed by atoms with Gasteiger partial charge in [-0.3, -0.25) is 9.52 Å². The molecule has 2 nitrogen and oxygen atoms in total. The van der Waals surface area contributed by atoms with Crippen molar-refractivity contribution >= 4 is 17.9 Å². The minimum atomic E-state index is -0.276. The molecule has 0 saturated heterocycles. The molecule has 0 aromatic carbocycles. The lowest BCUT2D eigenvalue weighted by Crippen LogP contribution is -2.31. The van der Waals surface area contributed by atoms with Crippen LogP contribution in [0.5, 0.6) is 0 Å². The molecule has 0 radical (unpaired) electrons. The fraction of sp³-hybridized carbons (Fsp3) is 0.875. The molecule has 0 aromatic rings. The summed E-state index contributed by atoms with van der Waals surface area (Å²) in [5.74, 6) is 0.0937. The molecular formula is C8H17NOS. The van der Waals surface area contributed by atoms with Gasteiger partial charge in [0.15, 0.2) is 0 Å². The zero-order chi connectivity index (χ0) is 9.07. The first-order chi connectivity index (χ1) is 4.84. The van der Waals surface area contributed by atoms with Crippen LogP contribution in [0.2, 0.25) is 0 Å². The molecule has 1 N–H and O–H groups in total. The normalized spacial score (nSPS) is 11.8. The Bertz CT molecular complexity index is 138. The van der Waals surface area contributed by atoms with Gasteiger partial charge in [0.1, 0.15) is 0 Å². The van der Waals surface area contributed by atoms with E-state index >= 15 is 0 Å². The number of carbonyl (C=O) groups excluding carboxylic acids is 1. The van der Waals surface area contributed by atoms with Crippen molar-refractivity contribution in [2.24, 2.45) is 5.41 Å². The number of carbonyl (C=O) groups is 1. The molecule has 0 heterocycles. The second-order valence-electron chi connectivity index (χ2n) is 3.85. The van der Waals surface area contributed by atoms with Gasteiger partial charge in [0, 0.05) is 10.7 Å². The number of rotatable bonds is 2. The van der Waals surface area contributed by atoms with Crippen LogP contribution in [-0.2, 0) is 4.79 Å². The highest BCUT2D eigenvalue weighted by atomic mass is 32.2. The average molecular weight is 175 g/mol. The van der Waals surface area contributed by atoms with Crippen LogP contribution in [-0.4, -0.2) is 11.2 Å². The number of nitrogens with one attached hydrogen (secondary N) is 1. The van der Waals surface area contributed by atoms with Crippen LogP contribution in [0.15, 0.2) is 0 Å². The summed E-state index contributed by atoms with van der Waals surface area (Å²) in [6, 6.07) is 0. The third-order valence-corrected chi connectivity index (χ3v) is 1.84. The predicted octanol–water partition coefficient (Wildman–Crippen LogP) is 2.21. The summed E-state index contributed by atoms with van der Waals surface area (Å²) in [7, 11) is 0. The standard InChI is InChI=1S/C8H17NOS/c1-6(2)11-9-7(10)8(3,4)5/h6H,1-5H3,(H,9,10). The van der Waals surface area contributed by atoms with Crippen LogP contribution < -0.4 is 4.72 Å². The Hall–Kier alpha value is -0.180. The maximum atomic E-state index is 11.2. The Morgan fingerprint density at radius 2 is 1.82 bits per heavy atom. The number of hydrogen-bond donors (Lipinski definition) is 1. The minimum Gasteiger partial charge on any atom is -0.299 e. The van der Waals surface area contributed by atoms with E-state index in [2.05, 4.69) is 4.72 Å². The summed E-state index contributed by atoms with van der Waals surface area (Å²) in [6.45, 7) is 9.82. The highest BCUT2D eigenvalue weighted by molar-refractivity contribution is 7.98. The molecule has 1 amide bonds. The Kier molecular flexibility index (Phi) is 3.93. The lowest BCUT2D eigenvalue weighted by molar-refractivity contribution is -0.126. The zero-order valence-electron chi connectivity index (χ0n) is 7.89. The van der Waals surface area contributed by atoms with E-state index < -0.39 is 0 Å². The molecule has 0 atom stereocenters. The Balaban J connectivity index is 3.71. The van der Waals surface area contributed by atoms with Crippen molar-refractivity contribution in [3.63, 3.8) is 0 Å². The van der Waals surface area contributed by atoms with Gasteiger partial charge in [0.2, 0.25) is 5.91 Å². The maximum absolute atomic E-state index is 11.2. The van der Waals surface area contributed by atoms with Crippen molar-refractivity contribution in [3.8, 4) is 0 Å². The van der Waals surface area contributed by atoms with Crippen molar-refractivity contribution in [1.29, 1.82) is 0 Å². The van der Waals surface area contributed by atoms with Crippen molar-refractivity contribution < 1.29 is 4.79 Å². The summed E-state index contributed by atoms with van der Waals surface area (Å²) in [4.78, 5) is 11.2. The van der Waals surface area contributed by atoms with Gasteiger partial charge in [-0.15, -0.1) is 0 Å². The molecule has 66 valence electrons. The lowest BCUT2D eigenvalue weighted by Gasteiger charge is -2.17. The second-order valence-corrected chi connectivity index (χ2v) is 5.23. The summed E-state index contributed by atoms with van der Waals surface area (Å²) >= 11 is 1.47. The molecule has 0 aromatic heterocycles. The topological polar surface area (TPSA) is 29.1 Å². The predicted molar refractivity (Wildman–Crippen MR) is 50.3 cm³/mol. The van der Waals surface area contributed by atoms with Gasteiger partial charge < -0.3 is 0 Å². The largest absolute Gasteiger partial charge is 0.299 e. The van der Waals surface area contributed by atoms with E-state index in [1.54, 1.807) is 0 Å². The van der Waals surface area contributed by atoms with Crippen molar-refractivity contribution in [2.75, 3.05) is 0 Å². The van der Waals surface area contributed by atoms with Gasteiger partial charge in [-0.1, -0.05) is 34.6 Å². The van der Waals surface area contributed by atoms with Gasteiger partial charge in [-0.05, 0) is 11.9 Å². The van der Waals surface area contributed by atoms with E-state index in [0.29, 0.717) is 5.25 Å². The molecule has 3 heteroatoms. The zero-order valence-corrected chi connectivity index (χ0v) is 8.71. The molecule has 0 unspecified atom stereocenters. The first kappa shape index (κ1) is 10.8. The van der Waals surface area contributed by atoms with Gasteiger partial charge in [0.05, 0.1) is 0 Å². The van der Waals surface area contributed by atoms with E-state index in [0.717, 1.165) is 0 Å². The molecule has 0 aliphatic rings. The van der Waals surface area contributed by atoms with Crippen LogP contribution in [0.4, 0.5) is 0 Å².